The number of methoxy groups -OCH3 is 1. The van der Waals surface area contributed by atoms with Crippen molar-refractivity contribution in [3.05, 3.63) is 30.0 Å². The van der Waals surface area contributed by atoms with Crippen LogP contribution in [0.2, 0.25) is 0 Å². The van der Waals surface area contributed by atoms with Crippen LogP contribution in [0.25, 0.3) is 22.2 Å². The van der Waals surface area contributed by atoms with Gasteiger partial charge in [-0.15, -0.1) is 0 Å². The maximum Gasteiger partial charge on any atom is 0.169 e. The van der Waals surface area contributed by atoms with Crippen molar-refractivity contribution in [3.8, 4) is 17.1 Å². The number of hydrogen-bond donors (Lipinski definition) is 2. The average molecular weight is 243 g/mol. The molecule has 0 aliphatic rings. The molecule has 0 saturated heterocycles. The number of aryl methyl sites for hydroxylation is 1. The highest BCUT2D eigenvalue weighted by atomic mass is 16.5. The first kappa shape index (κ1) is 10.7. The number of aromatic amines is 1. The van der Waals surface area contributed by atoms with E-state index in [1.54, 1.807) is 13.2 Å². The van der Waals surface area contributed by atoms with Gasteiger partial charge < -0.3 is 20.0 Å². The Hall–Kier alpha value is -2.43. The standard InChI is InChI=1S/C13H13N3O2/c1-7-6-15-13-9(7)3-8(4-11(13)17-2)10-5-12(14)16-18-10/h3-6,15H,1-2H3,(H2,14,16). The van der Waals surface area contributed by atoms with Gasteiger partial charge in [-0.25, -0.2) is 0 Å². The van der Waals surface area contributed by atoms with E-state index >= 15 is 0 Å². The molecule has 2 aromatic heterocycles. The molecule has 1 aromatic carbocycles. The van der Waals surface area contributed by atoms with Gasteiger partial charge in [0.25, 0.3) is 0 Å². The summed E-state index contributed by atoms with van der Waals surface area (Å²) in [6.45, 7) is 2.04. The van der Waals surface area contributed by atoms with Crippen LogP contribution in [0.4, 0.5) is 5.82 Å². The van der Waals surface area contributed by atoms with Crippen molar-refractivity contribution in [3.63, 3.8) is 0 Å². The molecule has 92 valence electrons. The lowest BCUT2D eigenvalue weighted by atomic mass is 10.1. The zero-order chi connectivity index (χ0) is 12.7. The smallest absolute Gasteiger partial charge is 0.169 e. The van der Waals surface area contributed by atoms with Gasteiger partial charge in [0.1, 0.15) is 5.75 Å². The van der Waals surface area contributed by atoms with Crippen LogP contribution in [0, 0.1) is 6.92 Å². The topological polar surface area (TPSA) is 77.1 Å². The SMILES string of the molecule is COc1cc(-c2cc(N)no2)cc2c(C)c[nH]c12. The Morgan fingerprint density at radius 3 is 2.83 bits per heavy atom. The van der Waals surface area contributed by atoms with Gasteiger partial charge in [0.2, 0.25) is 0 Å². The monoisotopic (exact) mass is 243 g/mol. The lowest BCUT2D eigenvalue weighted by Gasteiger charge is -2.04. The van der Waals surface area contributed by atoms with Gasteiger partial charge in [0.05, 0.1) is 12.6 Å². The van der Waals surface area contributed by atoms with Gasteiger partial charge in [-0.2, -0.15) is 0 Å². The fraction of sp³-hybridized carbons (Fsp3) is 0.154. The summed E-state index contributed by atoms with van der Waals surface area (Å²) in [5.41, 5.74) is 8.59. The first-order valence-corrected chi connectivity index (χ1v) is 5.57. The highest BCUT2D eigenvalue weighted by molar-refractivity contribution is 5.92. The Labute approximate surface area is 104 Å². The summed E-state index contributed by atoms with van der Waals surface area (Å²) >= 11 is 0. The Morgan fingerprint density at radius 2 is 2.17 bits per heavy atom. The molecule has 0 aliphatic carbocycles. The van der Waals surface area contributed by atoms with Crippen molar-refractivity contribution >= 4 is 16.7 Å². The second kappa shape index (κ2) is 3.80. The second-order valence-corrected chi connectivity index (χ2v) is 4.19. The molecule has 0 saturated carbocycles. The van der Waals surface area contributed by atoms with Crippen LogP contribution in [0.15, 0.2) is 28.9 Å². The number of aromatic nitrogens is 2. The minimum Gasteiger partial charge on any atom is -0.495 e. The second-order valence-electron chi connectivity index (χ2n) is 4.19. The van der Waals surface area contributed by atoms with Crippen molar-refractivity contribution in [1.29, 1.82) is 0 Å². The fourth-order valence-electron chi connectivity index (χ4n) is 2.06. The summed E-state index contributed by atoms with van der Waals surface area (Å²) in [7, 11) is 1.64. The third-order valence-electron chi connectivity index (χ3n) is 2.99. The lowest BCUT2D eigenvalue weighted by Crippen LogP contribution is -1.86. The van der Waals surface area contributed by atoms with Gasteiger partial charge in [0.15, 0.2) is 11.6 Å². The zero-order valence-electron chi connectivity index (χ0n) is 10.2. The van der Waals surface area contributed by atoms with Crippen LogP contribution >= 0.6 is 0 Å². The highest BCUT2D eigenvalue weighted by Gasteiger charge is 2.12. The van der Waals surface area contributed by atoms with Crippen molar-refractivity contribution in [1.82, 2.24) is 10.1 Å². The molecule has 3 rings (SSSR count). The van der Waals surface area contributed by atoms with E-state index in [0.717, 1.165) is 27.8 Å². The number of hydrogen-bond acceptors (Lipinski definition) is 4. The molecule has 3 N–H and O–H groups in total. The molecule has 0 atom stereocenters. The predicted octanol–water partition coefficient (Wildman–Crippen LogP) is 2.72. The quantitative estimate of drug-likeness (QED) is 0.725. The van der Waals surface area contributed by atoms with Gasteiger partial charge in [-0.3, -0.25) is 0 Å². The molecule has 0 amide bonds. The third kappa shape index (κ3) is 1.52. The predicted molar refractivity (Wildman–Crippen MR) is 69.5 cm³/mol. The van der Waals surface area contributed by atoms with Crippen LogP contribution in [0.5, 0.6) is 5.75 Å². The molecule has 0 aliphatic heterocycles. The van der Waals surface area contributed by atoms with Crippen molar-refractivity contribution < 1.29 is 9.26 Å². The number of H-pyrrole nitrogens is 1. The molecule has 18 heavy (non-hydrogen) atoms. The fourth-order valence-corrected chi connectivity index (χ4v) is 2.06. The van der Waals surface area contributed by atoms with Gasteiger partial charge in [-0.05, 0) is 24.6 Å². The minimum atomic E-state index is 0.370. The number of nitrogens with one attached hydrogen (secondary N) is 1. The largest absolute Gasteiger partial charge is 0.495 e. The number of benzene rings is 1. The van der Waals surface area contributed by atoms with Crippen LogP contribution < -0.4 is 10.5 Å². The minimum absolute atomic E-state index is 0.370. The first-order valence-electron chi connectivity index (χ1n) is 5.57. The number of ether oxygens (including phenoxy) is 1. The summed E-state index contributed by atoms with van der Waals surface area (Å²) in [6, 6.07) is 5.63. The van der Waals surface area contributed by atoms with E-state index in [2.05, 4.69) is 10.1 Å². The third-order valence-corrected chi connectivity index (χ3v) is 2.99. The average Bonchev–Trinajstić information content (AvgIpc) is 2.96. The summed E-state index contributed by atoms with van der Waals surface area (Å²) in [5, 5.41) is 4.79. The van der Waals surface area contributed by atoms with E-state index in [0.29, 0.717) is 11.6 Å². The van der Waals surface area contributed by atoms with Crippen LogP contribution in [0.3, 0.4) is 0 Å². The van der Waals surface area contributed by atoms with Gasteiger partial charge in [0, 0.05) is 23.2 Å². The van der Waals surface area contributed by atoms with Crippen LogP contribution in [-0.2, 0) is 0 Å². The first-order chi connectivity index (χ1) is 8.69. The van der Waals surface area contributed by atoms with E-state index < -0.39 is 0 Å². The van der Waals surface area contributed by atoms with Crippen molar-refractivity contribution in [2.24, 2.45) is 0 Å². The van der Waals surface area contributed by atoms with Gasteiger partial charge >= 0.3 is 0 Å². The summed E-state index contributed by atoms with van der Waals surface area (Å²) in [5.74, 6) is 1.77. The van der Waals surface area contributed by atoms with E-state index in [1.165, 1.54) is 0 Å². The van der Waals surface area contributed by atoms with E-state index in [9.17, 15) is 0 Å². The molecule has 5 nitrogen and oxygen atoms in total. The molecule has 5 heteroatoms. The summed E-state index contributed by atoms with van der Waals surface area (Å²) < 4.78 is 10.6. The number of anilines is 1. The Bertz CT molecular complexity index is 712. The molecule has 0 fully saturated rings. The van der Waals surface area contributed by atoms with E-state index in [1.807, 2.05) is 25.3 Å². The molecule has 0 spiro atoms. The molecule has 2 heterocycles. The normalized spacial score (nSPS) is 11.0. The van der Waals surface area contributed by atoms with E-state index in [-0.39, 0.29) is 0 Å². The number of nitrogens with zero attached hydrogens (tertiary/aromatic N) is 1. The maximum atomic E-state index is 5.57. The number of nitrogen functional groups attached to an aromatic ring is 1. The Morgan fingerprint density at radius 1 is 1.33 bits per heavy atom. The van der Waals surface area contributed by atoms with Gasteiger partial charge in [-0.1, -0.05) is 5.16 Å². The Kier molecular flexibility index (Phi) is 2.26. The molecular formula is C13H13N3O2. The van der Waals surface area contributed by atoms with E-state index in [4.69, 9.17) is 15.0 Å². The molecule has 0 unspecified atom stereocenters. The molecule has 0 bridgehead atoms. The Balaban J connectivity index is 2.27. The zero-order valence-corrected chi connectivity index (χ0v) is 10.2. The highest BCUT2D eigenvalue weighted by Crippen LogP contribution is 2.33. The number of nitrogens with two attached hydrogens (primary N) is 1. The summed E-state index contributed by atoms with van der Waals surface area (Å²) in [6.07, 6.45) is 1.95. The number of fused-ring (bicyclic) bond motifs is 1. The molecule has 3 aromatic rings. The summed E-state index contributed by atoms with van der Waals surface area (Å²) in [4.78, 5) is 3.20. The van der Waals surface area contributed by atoms with Crippen molar-refractivity contribution in [2.45, 2.75) is 6.92 Å². The van der Waals surface area contributed by atoms with Crippen LogP contribution in [0.1, 0.15) is 5.56 Å². The maximum absolute atomic E-state index is 5.57. The lowest BCUT2D eigenvalue weighted by molar-refractivity contribution is 0.417. The molecule has 0 radical (unpaired) electrons. The van der Waals surface area contributed by atoms with Crippen LogP contribution in [-0.4, -0.2) is 17.3 Å². The molecular weight excluding hydrogens is 230 g/mol. The van der Waals surface area contributed by atoms with Crippen molar-refractivity contribution in [2.75, 3.05) is 12.8 Å². The number of rotatable bonds is 2.